The highest BCUT2D eigenvalue weighted by atomic mass is 16.6. The smallest absolute Gasteiger partial charge is 0.331 e. The minimum Gasteiger partial charge on any atom is -0.458 e. The number of nitrogens with zero attached hydrogens (tertiary/aromatic N) is 2. The molecule has 2 aromatic carbocycles. The first-order chi connectivity index (χ1) is 12.1. The van der Waals surface area contributed by atoms with Crippen LogP contribution in [-0.2, 0) is 16.1 Å². The van der Waals surface area contributed by atoms with E-state index in [1.165, 1.54) is 18.2 Å². The number of rotatable bonds is 5. The molecule has 0 aliphatic carbocycles. The van der Waals surface area contributed by atoms with Gasteiger partial charge in [0.25, 0.3) is 5.69 Å². The van der Waals surface area contributed by atoms with Gasteiger partial charge in [0.05, 0.1) is 10.4 Å². The first-order valence-electron chi connectivity index (χ1n) is 7.55. The standard InChI is InChI=1S/C19H14N2O4/c22-18(25-13-14-4-1-8-17(12-14)21(23)24)10-9-16-6-2-5-15-7-3-11-20-19(15)16/h1-12H,13H2. The monoisotopic (exact) mass is 334 g/mol. The fourth-order valence-corrected chi connectivity index (χ4v) is 2.38. The van der Waals surface area contributed by atoms with Crippen LogP contribution < -0.4 is 0 Å². The summed E-state index contributed by atoms with van der Waals surface area (Å²) >= 11 is 0. The average molecular weight is 334 g/mol. The molecule has 0 radical (unpaired) electrons. The van der Waals surface area contributed by atoms with Crippen molar-refractivity contribution in [3.8, 4) is 0 Å². The molecule has 0 spiro atoms. The lowest BCUT2D eigenvalue weighted by Gasteiger charge is -2.03. The summed E-state index contributed by atoms with van der Waals surface area (Å²) in [6, 6.07) is 15.5. The maximum absolute atomic E-state index is 11.9. The van der Waals surface area contributed by atoms with E-state index in [2.05, 4.69) is 4.98 Å². The van der Waals surface area contributed by atoms with Gasteiger partial charge in [-0.1, -0.05) is 36.4 Å². The number of aromatic nitrogens is 1. The number of hydrogen-bond acceptors (Lipinski definition) is 5. The van der Waals surface area contributed by atoms with Crippen LogP contribution in [-0.4, -0.2) is 15.9 Å². The molecule has 6 nitrogen and oxygen atoms in total. The summed E-state index contributed by atoms with van der Waals surface area (Å²) in [5.74, 6) is -0.528. The Morgan fingerprint density at radius 2 is 1.96 bits per heavy atom. The number of ether oxygens (including phenoxy) is 1. The molecule has 0 aliphatic rings. The number of hydrogen-bond donors (Lipinski definition) is 0. The number of nitro benzene ring substituents is 1. The second-order valence-corrected chi connectivity index (χ2v) is 5.29. The van der Waals surface area contributed by atoms with Crippen LogP contribution in [0.5, 0.6) is 0 Å². The van der Waals surface area contributed by atoms with Crippen LogP contribution in [0.25, 0.3) is 17.0 Å². The molecule has 0 saturated carbocycles. The number of benzene rings is 2. The maximum atomic E-state index is 11.9. The third-order valence-electron chi connectivity index (χ3n) is 3.57. The zero-order valence-corrected chi connectivity index (χ0v) is 13.2. The largest absolute Gasteiger partial charge is 0.458 e. The van der Waals surface area contributed by atoms with Crippen molar-refractivity contribution in [3.05, 3.63) is 88.1 Å². The summed E-state index contributed by atoms with van der Waals surface area (Å²) < 4.78 is 5.13. The van der Waals surface area contributed by atoms with Gasteiger partial charge in [0, 0.05) is 35.4 Å². The van der Waals surface area contributed by atoms with Gasteiger partial charge in [-0.15, -0.1) is 0 Å². The van der Waals surface area contributed by atoms with Crippen LogP contribution >= 0.6 is 0 Å². The molecule has 0 amide bonds. The summed E-state index contributed by atoms with van der Waals surface area (Å²) in [7, 11) is 0. The Labute approximate surface area is 143 Å². The lowest BCUT2D eigenvalue weighted by Crippen LogP contribution is -2.01. The van der Waals surface area contributed by atoms with E-state index in [9.17, 15) is 14.9 Å². The van der Waals surface area contributed by atoms with Crippen LogP contribution in [0.3, 0.4) is 0 Å². The molecule has 0 atom stereocenters. The van der Waals surface area contributed by atoms with E-state index in [4.69, 9.17) is 4.74 Å². The number of carbonyl (C=O) groups excluding carboxylic acids is 1. The number of carbonyl (C=O) groups is 1. The number of para-hydroxylation sites is 1. The van der Waals surface area contributed by atoms with Gasteiger partial charge in [0.15, 0.2) is 0 Å². The lowest BCUT2D eigenvalue weighted by atomic mass is 10.1. The van der Waals surface area contributed by atoms with E-state index in [1.807, 2.05) is 30.3 Å². The summed E-state index contributed by atoms with van der Waals surface area (Å²) in [4.78, 5) is 26.4. The number of non-ortho nitro benzene ring substituents is 1. The highest BCUT2D eigenvalue weighted by Gasteiger charge is 2.07. The highest BCUT2D eigenvalue weighted by Crippen LogP contribution is 2.17. The van der Waals surface area contributed by atoms with Crippen LogP contribution in [0.15, 0.2) is 66.9 Å². The van der Waals surface area contributed by atoms with Gasteiger partial charge in [-0.25, -0.2) is 4.79 Å². The zero-order chi connectivity index (χ0) is 17.6. The molecular formula is C19H14N2O4. The van der Waals surface area contributed by atoms with Gasteiger partial charge >= 0.3 is 5.97 Å². The van der Waals surface area contributed by atoms with Crippen LogP contribution in [0.1, 0.15) is 11.1 Å². The molecule has 0 fully saturated rings. The summed E-state index contributed by atoms with van der Waals surface area (Å²) in [5, 5.41) is 11.7. The van der Waals surface area contributed by atoms with Gasteiger partial charge < -0.3 is 4.74 Å². The topological polar surface area (TPSA) is 82.3 Å². The van der Waals surface area contributed by atoms with Gasteiger partial charge in [0.2, 0.25) is 0 Å². The van der Waals surface area contributed by atoms with Gasteiger partial charge in [-0.3, -0.25) is 15.1 Å². The number of nitro groups is 1. The van der Waals surface area contributed by atoms with Crippen molar-refractivity contribution in [3.63, 3.8) is 0 Å². The predicted molar refractivity (Wildman–Crippen MR) is 93.7 cm³/mol. The van der Waals surface area contributed by atoms with E-state index in [0.717, 1.165) is 16.5 Å². The Morgan fingerprint density at radius 1 is 1.16 bits per heavy atom. The first-order valence-corrected chi connectivity index (χ1v) is 7.55. The van der Waals surface area contributed by atoms with Gasteiger partial charge in [0.1, 0.15) is 6.61 Å². The first kappa shape index (κ1) is 16.3. The predicted octanol–water partition coefficient (Wildman–Crippen LogP) is 3.90. The van der Waals surface area contributed by atoms with Crippen molar-refractivity contribution >= 4 is 28.6 Å². The minimum atomic E-state index is -0.528. The Bertz CT molecular complexity index is 961. The molecule has 0 aliphatic heterocycles. The maximum Gasteiger partial charge on any atom is 0.331 e. The third kappa shape index (κ3) is 4.06. The van der Waals surface area contributed by atoms with E-state index >= 15 is 0 Å². The molecule has 3 rings (SSSR count). The van der Waals surface area contributed by atoms with Crippen molar-refractivity contribution in [2.45, 2.75) is 6.61 Å². The molecule has 124 valence electrons. The Kier molecular flexibility index (Phi) is 4.80. The number of pyridine rings is 1. The molecule has 0 N–H and O–H groups in total. The average Bonchev–Trinajstić information content (AvgIpc) is 2.65. The van der Waals surface area contributed by atoms with Crippen molar-refractivity contribution in [1.29, 1.82) is 0 Å². The normalized spacial score (nSPS) is 10.9. The molecule has 0 bridgehead atoms. The van der Waals surface area contributed by atoms with Gasteiger partial charge in [-0.05, 0) is 17.7 Å². The summed E-state index contributed by atoms with van der Waals surface area (Å²) in [6.45, 7) is -0.0291. The number of fused-ring (bicyclic) bond motifs is 1. The van der Waals surface area contributed by atoms with E-state index in [-0.39, 0.29) is 12.3 Å². The van der Waals surface area contributed by atoms with Crippen LogP contribution in [0.2, 0.25) is 0 Å². The second-order valence-electron chi connectivity index (χ2n) is 5.29. The summed E-state index contributed by atoms with van der Waals surface area (Å²) in [5.41, 5.74) is 2.13. The van der Waals surface area contributed by atoms with Crippen molar-refractivity contribution in [1.82, 2.24) is 4.98 Å². The fourth-order valence-electron chi connectivity index (χ4n) is 2.38. The zero-order valence-electron chi connectivity index (χ0n) is 13.2. The van der Waals surface area contributed by atoms with E-state index in [1.54, 1.807) is 24.4 Å². The minimum absolute atomic E-state index is 0.0291. The quantitative estimate of drug-likeness (QED) is 0.306. The Balaban J connectivity index is 1.67. The van der Waals surface area contributed by atoms with Crippen LogP contribution in [0.4, 0.5) is 5.69 Å². The molecule has 1 aromatic heterocycles. The molecular weight excluding hydrogens is 320 g/mol. The molecule has 0 saturated heterocycles. The second kappa shape index (κ2) is 7.35. The lowest BCUT2D eigenvalue weighted by molar-refractivity contribution is -0.384. The molecule has 0 unspecified atom stereocenters. The van der Waals surface area contributed by atoms with Crippen molar-refractivity contribution < 1.29 is 14.5 Å². The van der Waals surface area contributed by atoms with Gasteiger partial charge in [-0.2, -0.15) is 0 Å². The highest BCUT2D eigenvalue weighted by molar-refractivity contribution is 5.92. The van der Waals surface area contributed by atoms with E-state index in [0.29, 0.717) is 5.56 Å². The Morgan fingerprint density at radius 3 is 2.80 bits per heavy atom. The molecule has 3 aromatic rings. The Hall–Kier alpha value is -3.54. The molecule has 25 heavy (non-hydrogen) atoms. The summed E-state index contributed by atoms with van der Waals surface area (Å²) in [6.07, 6.45) is 4.66. The molecule has 1 heterocycles. The van der Waals surface area contributed by atoms with Crippen molar-refractivity contribution in [2.24, 2.45) is 0 Å². The fraction of sp³-hybridized carbons (Fsp3) is 0.0526. The van der Waals surface area contributed by atoms with Crippen molar-refractivity contribution in [2.75, 3.05) is 0 Å². The SMILES string of the molecule is O=C(C=Cc1cccc2cccnc12)OCc1cccc([N+](=O)[O-])c1. The van der Waals surface area contributed by atoms with Crippen LogP contribution in [0, 0.1) is 10.1 Å². The molecule has 6 heteroatoms. The number of esters is 1. The van der Waals surface area contributed by atoms with E-state index < -0.39 is 10.9 Å². The third-order valence-corrected chi connectivity index (χ3v) is 3.57.